The average Bonchev–Trinajstić information content (AvgIpc) is 2.45. The maximum atomic E-state index is 6.14. The molecule has 2 aromatic carbocycles. The molecule has 0 aliphatic rings. The topological polar surface area (TPSA) is 48.1 Å². The van der Waals surface area contributed by atoms with E-state index in [2.05, 4.69) is 20.9 Å². The van der Waals surface area contributed by atoms with E-state index in [9.17, 15) is 0 Å². The van der Waals surface area contributed by atoms with Gasteiger partial charge in [-0.05, 0) is 36.4 Å². The quantitative estimate of drug-likeness (QED) is 0.660. The highest BCUT2D eigenvalue weighted by atomic mass is 79.9. The first kappa shape index (κ1) is 13.2. The van der Waals surface area contributed by atoms with E-state index >= 15 is 0 Å². The second-order valence-corrected chi connectivity index (χ2v) is 5.57. The van der Waals surface area contributed by atoms with Gasteiger partial charge in [0.25, 0.3) is 0 Å². The van der Waals surface area contributed by atoms with Gasteiger partial charge in [0.1, 0.15) is 5.75 Å². The number of nitrogens with zero attached hydrogens (tertiary/aromatic N) is 1. The maximum absolute atomic E-state index is 6.14. The number of fused-ring (bicyclic) bond motifs is 1. The molecular formula is C15H10BrClN2O. The third kappa shape index (κ3) is 2.44. The Labute approximate surface area is 129 Å². The van der Waals surface area contributed by atoms with E-state index in [1.807, 2.05) is 24.3 Å². The fraction of sp³-hybridized carbons (Fsp3) is 0. The standard InChI is InChI=1S/C15H10BrClN2O/c16-10-2-4-13(12(17)7-10)20-14-3-1-9-8-19-6-5-11(9)15(14)18/h1-8H,18H2. The number of ether oxygens (including phenoxy) is 1. The fourth-order valence-electron chi connectivity index (χ4n) is 1.94. The molecule has 2 N–H and O–H groups in total. The Morgan fingerprint density at radius 2 is 1.90 bits per heavy atom. The Morgan fingerprint density at radius 3 is 2.70 bits per heavy atom. The molecule has 0 bridgehead atoms. The van der Waals surface area contributed by atoms with Gasteiger partial charge in [0.15, 0.2) is 5.75 Å². The molecule has 0 aliphatic carbocycles. The van der Waals surface area contributed by atoms with Crippen LogP contribution in [0.25, 0.3) is 10.8 Å². The van der Waals surface area contributed by atoms with Crippen molar-refractivity contribution in [1.29, 1.82) is 0 Å². The lowest BCUT2D eigenvalue weighted by atomic mass is 10.1. The first-order valence-corrected chi connectivity index (χ1v) is 7.07. The van der Waals surface area contributed by atoms with Gasteiger partial charge in [0, 0.05) is 27.6 Å². The van der Waals surface area contributed by atoms with Crippen molar-refractivity contribution in [2.75, 3.05) is 5.73 Å². The zero-order valence-electron chi connectivity index (χ0n) is 10.3. The van der Waals surface area contributed by atoms with E-state index in [4.69, 9.17) is 22.1 Å². The summed E-state index contributed by atoms with van der Waals surface area (Å²) in [6, 6.07) is 11.0. The van der Waals surface area contributed by atoms with Crippen molar-refractivity contribution in [1.82, 2.24) is 4.98 Å². The van der Waals surface area contributed by atoms with Crippen LogP contribution in [0.1, 0.15) is 0 Å². The molecule has 1 heterocycles. The van der Waals surface area contributed by atoms with E-state index in [-0.39, 0.29) is 0 Å². The summed E-state index contributed by atoms with van der Waals surface area (Å²) in [5.41, 5.74) is 6.71. The number of nitrogens with two attached hydrogens (primary N) is 1. The number of nitrogen functional groups attached to an aromatic ring is 1. The van der Waals surface area contributed by atoms with Crippen LogP contribution in [-0.2, 0) is 0 Å². The summed E-state index contributed by atoms with van der Waals surface area (Å²) in [7, 11) is 0. The molecular weight excluding hydrogens is 340 g/mol. The predicted molar refractivity (Wildman–Crippen MR) is 85.4 cm³/mol. The van der Waals surface area contributed by atoms with E-state index < -0.39 is 0 Å². The molecule has 0 saturated heterocycles. The van der Waals surface area contributed by atoms with E-state index in [0.29, 0.717) is 22.2 Å². The Hall–Kier alpha value is -1.78. The number of rotatable bonds is 2. The van der Waals surface area contributed by atoms with Crippen molar-refractivity contribution in [3.63, 3.8) is 0 Å². The first-order valence-electron chi connectivity index (χ1n) is 5.90. The average molecular weight is 350 g/mol. The minimum atomic E-state index is 0.522. The van der Waals surface area contributed by atoms with Crippen LogP contribution in [-0.4, -0.2) is 4.98 Å². The zero-order chi connectivity index (χ0) is 14.1. The van der Waals surface area contributed by atoms with E-state index in [0.717, 1.165) is 15.2 Å². The van der Waals surface area contributed by atoms with Crippen LogP contribution in [0.5, 0.6) is 11.5 Å². The molecule has 3 aromatic rings. The smallest absolute Gasteiger partial charge is 0.151 e. The summed E-state index contributed by atoms with van der Waals surface area (Å²) in [6.07, 6.45) is 3.47. The van der Waals surface area contributed by atoms with Crippen molar-refractivity contribution in [2.24, 2.45) is 0 Å². The molecule has 0 unspecified atom stereocenters. The Balaban J connectivity index is 2.04. The van der Waals surface area contributed by atoms with Gasteiger partial charge < -0.3 is 10.5 Å². The van der Waals surface area contributed by atoms with E-state index in [1.165, 1.54) is 0 Å². The highest BCUT2D eigenvalue weighted by Crippen LogP contribution is 2.36. The lowest BCUT2D eigenvalue weighted by Crippen LogP contribution is -1.94. The van der Waals surface area contributed by atoms with Crippen LogP contribution in [0.2, 0.25) is 5.02 Å². The van der Waals surface area contributed by atoms with Crippen LogP contribution in [0.4, 0.5) is 5.69 Å². The van der Waals surface area contributed by atoms with Crippen LogP contribution in [0, 0.1) is 0 Å². The van der Waals surface area contributed by atoms with Gasteiger partial charge in [0.05, 0.1) is 10.7 Å². The van der Waals surface area contributed by atoms with Crippen molar-refractivity contribution in [3.05, 3.63) is 58.3 Å². The summed E-state index contributed by atoms with van der Waals surface area (Å²) in [5.74, 6) is 1.14. The number of benzene rings is 2. The first-order chi connectivity index (χ1) is 9.65. The number of pyridine rings is 1. The summed E-state index contributed by atoms with van der Waals surface area (Å²) in [6.45, 7) is 0. The lowest BCUT2D eigenvalue weighted by Gasteiger charge is -2.11. The monoisotopic (exact) mass is 348 g/mol. The van der Waals surface area contributed by atoms with Crippen molar-refractivity contribution >= 4 is 44.0 Å². The zero-order valence-corrected chi connectivity index (χ0v) is 12.6. The largest absolute Gasteiger partial charge is 0.454 e. The van der Waals surface area contributed by atoms with Gasteiger partial charge in [0.2, 0.25) is 0 Å². The SMILES string of the molecule is Nc1c(Oc2ccc(Br)cc2Cl)ccc2cnccc12. The maximum Gasteiger partial charge on any atom is 0.151 e. The number of hydrogen-bond acceptors (Lipinski definition) is 3. The van der Waals surface area contributed by atoms with Crippen LogP contribution in [0.3, 0.4) is 0 Å². The Bertz CT molecular complexity index is 792. The van der Waals surface area contributed by atoms with Gasteiger partial charge >= 0.3 is 0 Å². The molecule has 3 nitrogen and oxygen atoms in total. The number of anilines is 1. The minimum Gasteiger partial charge on any atom is -0.454 e. The molecule has 3 rings (SSSR count). The second kappa shape index (κ2) is 5.31. The Kier molecular flexibility index (Phi) is 3.51. The molecule has 0 aliphatic heterocycles. The third-order valence-electron chi connectivity index (χ3n) is 2.94. The number of hydrogen-bond donors (Lipinski definition) is 1. The lowest BCUT2D eigenvalue weighted by molar-refractivity contribution is 0.486. The van der Waals surface area contributed by atoms with Crippen LogP contribution in [0.15, 0.2) is 53.3 Å². The van der Waals surface area contributed by atoms with Crippen molar-refractivity contribution < 1.29 is 4.74 Å². The summed E-state index contributed by atoms with van der Waals surface area (Å²) >= 11 is 9.50. The van der Waals surface area contributed by atoms with Crippen LogP contribution >= 0.6 is 27.5 Å². The molecule has 20 heavy (non-hydrogen) atoms. The van der Waals surface area contributed by atoms with Gasteiger partial charge in [-0.15, -0.1) is 0 Å². The van der Waals surface area contributed by atoms with E-state index in [1.54, 1.807) is 24.5 Å². The molecule has 0 saturated carbocycles. The molecule has 1 aromatic heterocycles. The minimum absolute atomic E-state index is 0.522. The molecule has 0 spiro atoms. The van der Waals surface area contributed by atoms with Gasteiger partial charge in [-0.25, -0.2) is 0 Å². The third-order valence-corrected chi connectivity index (χ3v) is 3.72. The molecule has 0 atom stereocenters. The summed E-state index contributed by atoms with van der Waals surface area (Å²) in [4.78, 5) is 4.07. The normalized spacial score (nSPS) is 10.7. The molecule has 5 heteroatoms. The number of halogens is 2. The second-order valence-electron chi connectivity index (χ2n) is 4.25. The van der Waals surface area contributed by atoms with Gasteiger partial charge in [-0.3, -0.25) is 4.98 Å². The summed E-state index contributed by atoms with van der Waals surface area (Å²) < 4.78 is 6.70. The molecule has 100 valence electrons. The molecule has 0 fully saturated rings. The Morgan fingerprint density at radius 1 is 1.10 bits per heavy atom. The highest BCUT2D eigenvalue weighted by Gasteiger charge is 2.09. The number of aromatic nitrogens is 1. The van der Waals surface area contributed by atoms with Gasteiger partial charge in [-0.2, -0.15) is 0 Å². The molecule has 0 amide bonds. The molecule has 0 radical (unpaired) electrons. The van der Waals surface area contributed by atoms with Crippen molar-refractivity contribution in [2.45, 2.75) is 0 Å². The summed E-state index contributed by atoms with van der Waals surface area (Å²) in [5, 5.41) is 2.40. The van der Waals surface area contributed by atoms with Gasteiger partial charge in [-0.1, -0.05) is 27.5 Å². The highest BCUT2D eigenvalue weighted by molar-refractivity contribution is 9.10. The van der Waals surface area contributed by atoms with Crippen molar-refractivity contribution in [3.8, 4) is 11.5 Å². The fourth-order valence-corrected chi connectivity index (χ4v) is 2.65. The van der Waals surface area contributed by atoms with Crippen LogP contribution < -0.4 is 10.5 Å². The predicted octanol–water partition coefficient (Wildman–Crippen LogP) is 5.03.